The zero-order chi connectivity index (χ0) is 17.5. The van der Waals surface area contributed by atoms with E-state index in [-0.39, 0.29) is 22.5 Å². The lowest BCUT2D eigenvalue weighted by Crippen LogP contribution is -2.23. The van der Waals surface area contributed by atoms with Crippen LogP contribution in [-0.4, -0.2) is 34.1 Å². The number of ether oxygens (including phenoxy) is 1. The SMILES string of the molecule is Cc1cncc(Oc2ccc(S(=O)(=O)C(F)(F)F)c3[nH]ncc23)n1. The van der Waals surface area contributed by atoms with Crippen LogP contribution in [0, 0.1) is 6.92 Å². The molecule has 0 unspecified atom stereocenters. The van der Waals surface area contributed by atoms with Crippen LogP contribution in [0.4, 0.5) is 13.2 Å². The van der Waals surface area contributed by atoms with Gasteiger partial charge in [0, 0.05) is 6.20 Å². The normalized spacial score (nSPS) is 12.5. The highest BCUT2D eigenvalue weighted by molar-refractivity contribution is 7.92. The number of aromatic amines is 1. The van der Waals surface area contributed by atoms with E-state index in [1.54, 1.807) is 6.92 Å². The lowest BCUT2D eigenvalue weighted by Gasteiger charge is -2.11. The molecule has 7 nitrogen and oxygen atoms in total. The second-order valence-corrected chi connectivity index (χ2v) is 6.68. The molecule has 0 radical (unpaired) electrons. The molecule has 0 saturated heterocycles. The summed E-state index contributed by atoms with van der Waals surface area (Å²) in [5.41, 5.74) is -5.15. The third-order valence-corrected chi connectivity index (χ3v) is 4.61. The van der Waals surface area contributed by atoms with Crippen LogP contribution in [0.3, 0.4) is 0 Å². The van der Waals surface area contributed by atoms with Gasteiger partial charge in [0.25, 0.3) is 9.84 Å². The van der Waals surface area contributed by atoms with Gasteiger partial charge in [0.2, 0.25) is 5.88 Å². The van der Waals surface area contributed by atoms with Crippen molar-refractivity contribution in [2.24, 2.45) is 0 Å². The van der Waals surface area contributed by atoms with Crippen molar-refractivity contribution in [3.8, 4) is 11.6 Å². The van der Waals surface area contributed by atoms with Gasteiger partial charge < -0.3 is 4.74 Å². The Morgan fingerprint density at radius 2 is 1.92 bits per heavy atom. The average Bonchev–Trinajstić information content (AvgIpc) is 2.96. The van der Waals surface area contributed by atoms with Crippen molar-refractivity contribution in [2.45, 2.75) is 17.3 Å². The van der Waals surface area contributed by atoms with E-state index >= 15 is 0 Å². The molecule has 3 rings (SSSR count). The number of rotatable bonds is 3. The van der Waals surface area contributed by atoms with E-state index in [1.807, 2.05) is 0 Å². The van der Waals surface area contributed by atoms with Crippen molar-refractivity contribution in [1.29, 1.82) is 0 Å². The van der Waals surface area contributed by atoms with Crippen LogP contribution in [0.2, 0.25) is 0 Å². The lowest BCUT2D eigenvalue weighted by molar-refractivity contribution is -0.0435. The molecule has 0 atom stereocenters. The Hall–Kier alpha value is -2.69. The largest absolute Gasteiger partial charge is 0.501 e. The molecule has 24 heavy (non-hydrogen) atoms. The summed E-state index contributed by atoms with van der Waals surface area (Å²) in [6.45, 7) is 1.69. The minimum Gasteiger partial charge on any atom is -0.437 e. The summed E-state index contributed by atoms with van der Waals surface area (Å²) >= 11 is 0. The number of benzene rings is 1. The first-order valence-electron chi connectivity index (χ1n) is 6.44. The van der Waals surface area contributed by atoms with Crippen LogP contribution in [0.5, 0.6) is 11.6 Å². The molecule has 0 saturated carbocycles. The van der Waals surface area contributed by atoms with Gasteiger partial charge in [0.1, 0.15) is 10.6 Å². The van der Waals surface area contributed by atoms with Crippen LogP contribution >= 0.6 is 0 Å². The Kier molecular flexibility index (Phi) is 3.67. The number of aromatic nitrogens is 4. The molecule has 0 aliphatic rings. The second-order valence-electron chi connectivity index (χ2n) is 4.77. The predicted octanol–water partition coefficient (Wildman–Crippen LogP) is 2.75. The molecular weight excluding hydrogens is 349 g/mol. The van der Waals surface area contributed by atoms with Gasteiger partial charge in [0.05, 0.1) is 29.0 Å². The summed E-state index contributed by atoms with van der Waals surface area (Å²) in [6.07, 6.45) is 3.99. The number of alkyl halides is 3. The van der Waals surface area contributed by atoms with Gasteiger partial charge >= 0.3 is 5.51 Å². The van der Waals surface area contributed by atoms with Crippen LogP contribution in [0.25, 0.3) is 10.9 Å². The number of nitrogens with zero attached hydrogens (tertiary/aromatic N) is 3. The first kappa shape index (κ1) is 16.2. The molecule has 3 aromatic rings. The monoisotopic (exact) mass is 358 g/mol. The summed E-state index contributed by atoms with van der Waals surface area (Å²) in [7, 11) is -5.52. The maximum atomic E-state index is 12.8. The number of sulfone groups is 1. The molecule has 0 spiro atoms. The minimum atomic E-state index is -5.52. The fourth-order valence-corrected chi connectivity index (χ4v) is 2.95. The summed E-state index contributed by atoms with van der Waals surface area (Å²) in [4.78, 5) is 7.01. The zero-order valence-electron chi connectivity index (χ0n) is 12.0. The number of aryl methyl sites for hydroxylation is 1. The van der Waals surface area contributed by atoms with Crippen molar-refractivity contribution in [3.05, 3.63) is 36.4 Å². The summed E-state index contributed by atoms with van der Waals surface area (Å²) < 4.78 is 67.1. The number of H-pyrrole nitrogens is 1. The van der Waals surface area contributed by atoms with Gasteiger partial charge in [-0.25, -0.2) is 13.4 Å². The van der Waals surface area contributed by atoms with E-state index in [9.17, 15) is 21.6 Å². The fourth-order valence-electron chi connectivity index (χ4n) is 2.03. The fraction of sp³-hybridized carbons (Fsp3) is 0.154. The number of nitrogens with one attached hydrogen (secondary N) is 1. The van der Waals surface area contributed by atoms with Gasteiger partial charge in [-0.2, -0.15) is 18.3 Å². The molecule has 1 aromatic carbocycles. The van der Waals surface area contributed by atoms with E-state index in [2.05, 4.69) is 20.2 Å². The number of fused-ring (bicyclic) bond motifs is 1. The molecule has 0 bridgehead atoms. The van der Waals surface area contributed by atoms with E-state index in [0.717, 1.165) is 12.1 Å². The van der Waals surface area contributed by atoms with Gasteiger partial charge in [-0.3, -0.25) is 10.1 Å². The Bertz CT molecular complexity index is 1010. The minimum absolute atomic E-state index is 0.0728. The van der Waals surface area contributed by atoms with E-state index in [4.69, 9.17) is 4.74 Å². The highest BCUT2D eigenvalue weighted by Gasteiger charge is 2.48. The van der Waals surface area contributed by atoms with Crippen LogP contribution < -0.4 is 4.74 Å². The molecule has 0 amide bonds. The lowest BCUT2D eigenvalue weighted by atomic mass is 10.2. The van der Waals surface area contributed by atoms with E-state index in [1.165, 1.54) is 18.6 Å². The second kappa shape index (κ2) is 5.44. The van der Waals surface area contributed by atoms with E-state index < -0.39 is 20.2 Å². The van der Waals surface area contributed by atoms with E-state index in [0.29, 0.717) is 5.69 Å². The highest BCUT2D eigenvalue weighted by atomic mass is 32.2. The third kappa shape index (κ3) is 2.66. The molecule has 1 N–H and O–H groups in total. The van der Waals surface area contributed by atoms with Crippen LogP contribution in [0.1, 0.15) is 5.69 Å². The number of halogens is 3. The molecular formula is C13H9F3N4O3S. The van der Waals surface area contributed by atoms with Gasteiger partial charge in [0.15, 0.2) is 0 Å². The molecule has 0 aliphatic carbocycles. The number of hydrogen-bond donors (Lipinski definition) is 1. The first-order valence-corrected chi connectivity index (χ1v) is 7.92. The molecule has 2 aromatic heterocycles. The Morgan fingerprint density at radius 3 is 2.58 bits per heavy atom. The maximum Gasteiger partial charge on any atom is 0.501 e. The van der Waals surface area contributed by atoms with Crippen LogP contribution in [-0.2, 0) is 9.84 Å². The van der Waals surface area contributed by atoms with Crippen molar-refractivity contribution in [3.63, 3.8) is 0 Å². The Labute approximate surface area is 133 Å². The topological polar surface area (TPSA) is 97.8 Å². The third-order valence-electron chi connectivity index (χ3n) is 3.08. The standard InChI is InChI=1S/C13H9F3N4O3S/c1-7-4-17-6-11(19-7)23-9-2-3-10(12-8(9)5-18-20-12)24(21,22)13(14,15)16/h2-6H,1H3,(H,18,20). The molecule has 0 aliphatic heterocycles. The van der Waals surface area contributed by atoms with Gasteiger partial charge in [-0.15, -0.1) is 0 Å². The molecule has 0 fully saturated rings. The summed E-state index contributed by atoms with van der Waals surface area (Å²) in [5, 5.41) is 5.94. The quantitative estimate of drug-likeness (QED) is 0.773. The smallest absolute Gasteiger partial charge is 0.437 e. The number of hydrogen-bond acceptors (Lipinski definition) is 6. The predicted molar refractivity (Wildman–Crippen MR) is 76.2 cm³/mol. The maximum absolute atomic E-state index is 12.8. The van der Waals surface area contributed by atoms with Gasteiger partial charge in [-0.05, 0) is 19.1 Å². The van der Waals surface area contributed by atoms with Crippen LogP contribution in [0.15, 0.2) is 35.6 Å². The van der Waals surface area contributed by atoms with Crippen molar-refractivity contribution < 1.29 is 26.3 Å². The van der Waals surface area contributed by atoms with Gasteiger partial charge in [-0.1, -0.05) is 0 Å². The highest BCUT2D eigenvalue weighted by Crippen LogP contribution is 2.37. The zero-order valence-corrected chi connectivity index (χ0v) is 12.8. The Morgan fingerprint density at radius 1 is 1.17 bits per heavy atom. The molecule has 126 valence electrons. The summed E-state index contributed by atoms with van der Waals surface area (Å²) in [5.74, 6) is 0.212. The van der Waals surface area contributed by atoms with Crippen molar-refractivity contribution in [2.75, 3.05) is 0 Å². The summed E-state index contributed by atoms with van der Waals surface area (Å²) in [6, 6.07) is 1.92. The van der Waals surface area contributed by atoms with Crippen molar-refractivity contribution in [1.82, 2.24) is 20.2 Å². The van der Waals surface area contributed by atoms with Crippen molar-refractivity contribution >= 4 is 20.7 Å². The first-order chi connectivity index (χ1) is 11.2. The Balaban J connectivity index is 2.12. The average molecular weight is 358 g/mol. The molecule has 2 heterocycles. The molecule has 11 heteroatoms.